The molecule has 1 N–H and O–H groups in total. The summed E-state index contributed by atoms with van der Waals surface area (Å²) in [6.07, 6.45) is -1.02. The topological polar surface area (TPSA) is 12.0 Å². The molecule has 0 aliphatic carbocycles. The van der Waals surface area contributed by atoms with Crippen LogP contribution in [0.1, 0.15) is 24.2 Å². The number of halogens is 2. The van der Waals surface area contributed by atoms with E-state index >= 15 is 0 Å². The Balaban J connectivity index is 3.10. The van der Waals surface area contributed by atoms with Gasteiger partial charge in [-0.1, -0.05) is 23.7 Å². The SMILES string of the molecule is CNCc1cccc(Cl)c1C(C)F. The average molecular weight is 202 g/mol. The van der Waals surface area contributed by atoms with Gasteiger partial charge < -0.3 is 5.32 Å². The molecule has 0 saturated carbocycles. The number of hydrogen-bond donors (Lipinski definition) is 1. The van der Waals surface area contributed by atoms with E-state index < -0.39 is 6.17 Å². The van der Waals surface area contributed by atoms with E-state index in [0.717, 1.165) is 5.56 Å². The van der Waals surface area contributed by atoms with Crippen LogP contribution in [0.2, 0.25) is 5.02 Å². The molecular weight excluding hydrogens is 189 g/mol. The minimum absolute atomic E-state index is 0.503. The molecule has 72 valence electrons. The third kappa shape index (κ3) is 2.42. The highest BCUT2D eigenvalue weighted by molar-refractivity contribution is 6.31. The molecule has 0 spiro atoms. The van der Waals surface area contributed by atoms with Gasteiger partial charge >= 0.3 is 0 Å². The summed E-state index contributed by atoms with van der Waals surface area (Å²) in [5.41, 5.74) is 1.52. The van der Waals surface area contributed by atoms with Crippen molar-refractivity contribution in [3.05, 3.63) is 34.3 Å². The first kappa shape index (κ1) is 10.5. The van der Waals surface area contributed by atoms with Crippen LogP contribution in [-0.4, -0.2) is 7.05 Å². The average Bonchev–Trinajstić information content (AvgIpc) is 2.04. The zero-order chi connectivity index (χ0) is 9.84. The minimum Gasteiger partial charge on any atom is -0.316 e. The summed E-state index contributed by atoms with van der Waals surface area (Å²) in [6, 6.07) is 5.43. The van der Waals surface area contributed by atoms with Crippen LogP contribution in [0.4, 0.5) is 4.39 Å². The summed E-state index contributed by atoms with van der Waals surface area (Å²) >= 11 is 5.89. The lowest BCUT2D eigenvalue weighted by molar-refractivity contribution is 0.371. The van der Waals surface area contributed by atoms with Crippen LogP contribution in [0.5, 0.6) is 0 Å². The summed E-state index contributed by atoms with van der Waals surface area (Å²) in [5, 5.41) is 3.48. The van der Waals surface area contributed by atoms with Gasteiger partial charge in [-0.2, -0.15) is 0 Å². The van der Waals surface area contributed by atoms with Crippen molar-refractivity contribution in [2.24, 2.45) is 0 Å². The maximum absolute atomic E-state index is 13.2. The molecule has 0 aromatic heterocycles. The zero-order valence-corrected chi connectivity index (χ0v) is 8.53. The summed E-state index contributed by atoms with van der Waals surface area (Å²) < 4.78 is 13.2. The van der Waals surface area contributed by atoms with Crippen LogP contribution >= 0.6 is 11.6 Å². The monoisotopic (exact) mass is 201 g/mol. The van der Waals surface area contributed by atoms with E-state index in [0.29, 0.717) is 17.1 Å². The lowest BCUT2D eigenvalue weighted by Gasteiger charge is -2.11. The fraction of sp³-hybridized carbons (Fsp3) is 0.400. The van der Waals surface area contributed by atoms with Crippen molar-refractivity contribution < 1.29 is 4.39 Å². The predicted molar refractivity (Wildman–Crippen MR) is 53.7 cm³/mol. The molecule has 3 heteroatoms. The Morgan fingerprint density at radius 2 is 2.23 bits per heavy atom. The number of nitrogens with one attached hydrogen (secondary N) is 1. The minimum atomic E-state index is -1.02. The van der Waals surface area contributed by atoms with Crippen molar-refractivity contribution in [3.63, 3.8) is 0 Å². The number of alkyl halides is 1. The Bertz CT molecular complexity index is 286. The Morgan fingerprint density at radius 3 is 2.77 bits per heavy atom. The number of hydrogen-bond acceptors (Lipinski definition) is 1. The van der Waals surface area contributed by atoms with Gasteiger partial charge in [-0.05, 0) is 25.6 Å². The van der Waals surface area contributed by atoms with Crippen LogP contribution in [0.25, 0.3) is 0 Å². The van der Waals surface area contributed by atoms with Gasteiger partial charge in [0.2, 0.25) is 0 Å². The second kappa shape index (κ2) is 4.58. The van der Waals surface area contributed by atoms with Crippen molar-refractivity contribution >= 4 is 11.6 Å². The van der Waals surface area contributed by atoms with E-state index in [2.05, 4.69) is 5.32 Å². The zero-order valence-electron chi connectivity index (χ0n) is 7.77. The largest absolute Gasteiger partial charge is 0.316 e. The second-order valence-corrected chi connectivity index (χ2v) is 3.37. The molecule has 0 amide bonds. The quantitative estimate of drug-likeness (QED) is 0.793. The molecule has 0 aliphatic rings. The highest BCUT2D eigenvalue weighted by atomic mass is 35.5. The molecule has 13 heavy (non-hydrogen) atoms. The van der Waals surface area contributed by atoms with Crippen molar-refractivity contribution in [2.75, 3.05) is 7.05 Å². The van der Waals surface area contributed by atoms with Gasteiger partial charge in [0.15, 0.2) is 0 Å². The lowest BCUT2D eigenvalue weighted by Crippen LogP contribution is -2.08. The summed E-state index contributed by atoms with van der Waals surface area (Å²) in [7, 11) is 1.83. The fourth-order valence-electron chi connectivity index (χ4n) is 1.37. The summed E-state index contributed by atoms with van der Waals surface area (Å²) in [5.74, 6) is 0. The normalized spacial score (nSPS) is 12.9. The first-order chi connectivity index (χ1) is 6.16. The smallest absolute Gasteiger partial charge is 0.124 e. The third-order valence-corrected chi connectivity index (χ3v) is 2.24. The van der Waals surface area contributed by atoms with Crippen LogP contribution in [0.3, 0.4) is 0 Å². The Labute approximate surface area is 82.9 Å². The Morgan fingerprint density at radius 1 is 1.54 bits per heavy atom. The van der Waals surface area contributed by atoms with Crippen LogP contribution in [0, 0.1) is 0 Å². The highest BCUT2D eigenvalue weighted by Crippen LogP contribution is 2.28. The second-order valence-electron chi connectivity index (χ2n) is 2.96. The van der Waals surface area contributed by atoms with E-state index in [1.807, 2.05) is 19.2 Å². The van der Waals surface area contributed by atoms with Crippen LogP contribution < -0.4 is 5.32 Å². The predicted octanol–water partition coefficient (Wildman–Crippen LogP) is 3.09. The summed E-state index contributed by atoms with van der Waals surface area (Å²) in [4.78, 5) is 0. The Hall–Kier alpha value is -0.600. The molecule has 0 bridgehead atoms. The van der Waals surface area contributed by atoms with Gasteiger partial charge in [-0.15, -0.1) is 0 Å². The molecule has 0 heterocycles. The molecule has 0 fully saturated rings. The molecular formula is C10H13ClFN. The molecule has 1 rings (SSSR count). The molecule has 1 atom stereocenters. The van der Waals surface area contributed by atoms with E-state index in [-0.39, 0.29) is 0 Å². The van der Waals surface area contributed by atoms with Gasteiger partial charge in [0.1, 0.15) is 6.17 Å². The van der Waals surface area contributed by atoms with Crippen molar-refractivity contribution in [2.45, 2.75) is 19.6 Å². The van der Waals surface area contributed by atoms with E-state index in [9.17, 15) is 4.39 Å². The molecule has 1 unspecified atom stereocenters. The standard InChI is InChI=1S/C10H13ClFN/c1-7(12)10-8(6-13-2)4-3-5-9(10)11/h3-5,7,13H,6H2,1-2H3. The van der Waals surface area contributed by atoms with Gasteiger partial charge in [0.05, 0.1) is 0 Å². The van der Waals surface area contributed by atoms with Crippen LogP contribution in [0.15, 0.2) is 18.2 Å². The maximum Gasteiger partial charge on any atom is 0.124 e. The van der Waals surface area contributed by atoms with E-state index in [1.54, 1.807) is 6.07 Å². The maximum atomic E-state index is 13.2. The summed E-state index contributed by atoms with van der Waals surface area (Å²) in [6.45, 7) is 2.14. The molecule has 1 nitrogen and oxygen atoms in total. The van der Waals surface area contributed by atoms with Gasteiger partial charge in [-0.3, -0.25) is 0 Å². The van der Waals surface area contributed by atoms with Crippen molar-refractivity contribution in [3.8, 4) is 0 Å². The van der Waals surface area contributed by atoms with Crippen molar-refractivity contribution in [1.82, 2.24) is 5.32 Å². The van der Waals surface area contributed by atoms with E-state index in [4.69, 9.17) is 11.6 Å². The molecule has 1 aromatic rings. The van der Waals surface area contributed by atoms with Crippen LogP contribution in [-0.2, 0) is 6.54 Å². The molecule has 0 saturated heterocycles. The number of rotatable bonds is 3. The van der Waals surface area contributed by atoms with Gasteiger partial charge in [0, 0.05) is 17.1 Å². The number of benzene rings is 1. The first-order valence-corrected chi connectivity index (χ1v) is 4.60. The fourth-order valence-corrected chi connectivity index (χ4v) is 1.72. The van der Waals surface area contributed by atoms with Gasteiger partial charge in [-0.25, -0.2) is 4.39 Å². The van der Waals surface area contributed by atoms with Gasteiger partial charge in [0.25, 0.3) is 0 Å². The highest BCUT2D eigenvalue weighted by Gasteiger charge is 2.12. The third-order valence-electron chi connectivity index (χ3n) is 1.91. The first-order valence-electron chi connectivity index (χ1n) is 4.22. The van der Waals surface area contributed by atoms with Crippen molar-refractivity contribution in [1.29, 1.82) is 0 Å². The van der Waals surface area contributed by atoms with E-state index in [1.165, 1.54) is 6.92 Å². The molecule has 1 aromatic carbocycles. The molecule has 0 radical (unpaired) electrons. The Kier molecular flexibility index (Phi) is 3.70. The molecule has 0 aliphatic heterocycles. The lowest BCUT2D eigenvalue weighted by atomic mass is 10.0.